The molecule has 1 heterocycles. The van der Waals surface area contributed by atoms with Gasteiger partial charge in [-0.1, -0.05) is 20.3 Å². The Balaban J connectivity index is 1.87. The van der Waals surface area contributed by atoms with E-state index in [-0.39, 0.29) is 0 Å². The van der Waals surface area contributed by atoms with Crippen LogP contribution in [0.1, 0.15) is 52.9 Å². The lowest BCUT2D eigenvalue weighted by atomic mass is 9.94. The van der Waals surface area contributed by atoms with Gasteiger partial charge in [0.2, 0.25) is 0 Å². The summed E-state index contributed by atoms with van der Waals surface area (Å²) in [6.07, 6.45) is 6.99. The quantitative estimate of drug-likeness (QED) is 0.765. The van der Waals surface area contributed by atoms with Gasteiger partial charge in [0, 0.05) is 18.6 Å². The smallest absolute Gasteiger partial charge is 0.00994 e. The van der Waals surface area contributed by atoms with Gasteiger partial charge >= 0.3 is 0 Å². The molecule has 1 aliphatic heterocycles. The summed E-state index contributed by atoms with van der Waals surface area (Å²) < 4.78 is 0. The van der Waals surface area contributed by atoms with Crippen LogP contribution in [0.3, 0.4) is 0 Å². The summed E-state index contributed by atoms with van der Waals surface area (Å²) in [7, 11) is 0. The molecule has 0 aromatic carbocycles. The largest absolute Gasteiger partial charge is 0.317 e. The minimum absolute atomic E-state index is 0.780. The van der Waals surface area contributed by atoms with Gasteiger partial charge in [-0.2, -0.15) is 0 Å². The third kappa shape index (κ3) is 3.69. The van der Waals surface area contributed by atoms with Crippen molar-refractivity contribution in [2.24, 2.45) is 11.8 Å². The lowest BCUT2D eigenvalue weighted by Crippen LogP contribution is -2.44. The van der Waals surface area contributed by atoms with Crippen LogP contribution in [0.2, 0.25) is 0 Å². The van der Waals surface area contributed by atoms with E-state index < -0.39 is 0 Å². The third-order valence-electron chi connectivity index (χ3n) is 4.93. The minimum Gasteiger partial charge on any atom is -0.317 e. The molecule has 17 heavy (non-hydrogen) atoms. The van der Waals surface area contributed by atoms with Gasteiger partial charge in [0.15, 0.2) is 0 Å². The van der Waals surface area contributed by atoms with Crippen LogP contribution in [-0.4, -0.2) is 36.6 Å². The van der Waals surface area contributed by atoms with Crippen molar-refractivity contribution in [3.8, 4) is 0 Å². The topological polar surface area (TPSA) is 15.3 Å². The molecule has 2 nitrogen and oxygen atoms in total. The van der Waals surface area contributed by atoms with Crippen molar-refractivity contribution in [1.82, 2.24) is 10.2 Å². The standard InChI is InChI=1S/C15H30N2/c1-4-12(2)13(3)17(15-5-6-15)11-14-7-9-16-10-8-14/h12-16H,4-11H2,1-3H3. The Bertz CT molecular complexity index is 219. The van der Waals surface area contributed by atoms with Crippen LogP contribution in [0.15, 0.2) is 0 Å². The van der Waals surface area contributed by atoms with Crippen LogP contribution in [0.5, 0.6) is 0 Å². The van der Waals surface area contributed by atoms with E-state index in [0.717, 1.165) is 23.9 Å². The predicted octanol–water partition coefficient (Wildman–Crippen LogP) is 2.89. The number of piperidine rings is 1. The van der Waals surface area contributed by atoms with Crippen molar-refractivity contribution >= 4 is 0 Å². The molecule has 0 amide bonds. The Labute approximate surface area is 107 Å². The molecule has 0 aromatic rings. The Morgan fingerprint density at radius 1 is 1.12 bits per heavy atom. The summed E-state index contributed by atoms with van der Waals surface area (Å²) in [4.78, 5) is 2.84. The van der Waals surface area contributed by atoms with Gasteiger partial charge in [-0.15, -0.1) is 0 Å². The maximum atomic E-state index is 3.48. The molecule has 0 aromatic heterocycles. The second-order valence-corrected chi connectivity index (χ2v) is 6.25. The maximum absolute atomic E-state index is 3.48. The highest BCUT2D eigenvalue weighted by Crippen LogP contribution is 2.33. The lowest BCUT2D eigenvalue weighted by Gasteiger charge is -2.37. The average molecular weight is 238 g/mol. The fourth-order valence-electron chi connectivity index (χ4n) is 3.08. The summed E-state index contributed by atoms with van der Waals surface area (Å²) in [5, 5.41) is 3.48. The van der Waals surface area contributed by atoms with Crippen molar-refractivity contribution in [3.63, 3.8) is 0 Å². The summed E-state index contributed by atoms with van der Waals surface area (Å²) in [6, 6.07) is 1.70. The summed E-state index contributed by atoms with van der Waals surface area (Å²) in [5.74, 6) is 1.79. The predicted molar refractivity (Wildman–Crippen MR) is 74.2 cm³/mol. The van der Waals surface area contributed by atoms with E-state index in [4.69, 9.17) is 0 Å². The van der Waals surface area contributed by atoms with E-state index in [9.17, 15) is 0 Å². The summed E-state index contributed by atoms with van der Waals surface area (Å²) >= 11 is 0. The SMILES string of the molecule is CCC(C)C(C)N(CC1CCNCC1)C1CC1. The first-order valence-electron chi connectivity index (χ1n) is 7.68. The fourth-order valence-corrected chi connectivity index (χ4v) is 3.08. The third-order valence-corrected chi connectivity index (χ3v) is 4.93. The minimum atomic E-state index is 0.780. The van der Waals surface area contributed by atoms with Gasteiger partial charge < -0.3 is 5.32 Å². The van der Waals surface area contributed by atoms with Crippen molar-refractivity contribution in [2.45, 2.75) is 65.0 Å². The van der Waals surface area contributed by atoms with E-state index in [0.29, 0.717) is 0 Å². The molecule has 1 saturated carbocycles. The zero-order chi connectivity index (χ0) is 12.3. The summed E-state index contributed by atoms with van der Waals surface area (Å²) in [5.41, 5.74) is 0. The number of rotatable bonds is 6. The second kappa shape index (κ2) is 6.19. The molecule has 0 bridgehead atoms. The molecule has 2 fully saturated rings. The Morgan fingerprint density at radius 3 is 2.29 bits per heavy atom. The molecular formula is C15H30N2. The molecule has 0 spiro atoms. The van der Waals surface area contributed by atoms with Crippen LogP contribution < -0.4 is 5.32 Å². The van der Waals surface area contributed by atoms with Crippen molar-refractivity contribution in [2.75, 3.05) is 19.6 Å². The van der Waals surface area contributed by atoms with E-state index in [2.05, 4.69) is 31.0 Å². The number of nitrogens with zero attached hydrogens (tertiary/aromatic N) is 1. The normalized spacial score (nSPS) is 26.1. The maximum Gasteiger partial charge on any atom is 0.00994 e. The monoisotopic (exact) mass is 238 g/mol. The molecule has 2 atom stereocenters. The molecule has 2 heteroatoms. The second-order valence-electron chi connectivity index (χ2n) is 6.25. The van der Waals surface area contributed by atoms with Crippen molar-refractivity contribution in [1.29, 1.82) is 0 Å². The number of hydrogen-bond donors (Lipinski definition) is 1. The van der Waals surface area contributed by atoms with Gasteiger partial charge in [-0.3, -0.25) is 4.90 Å². The Hall–Kier alpha value is -0.0800. The molecule has 0 radical (unpaired) electrons. The molecule has 1 aliphatic carbocycles. The molecule has 2 rings (SSSR count). The highest BCUT2D eigenvalue weighted by atomic mass is 15.2. The molecule has 1 saturated heterocycles. The van der Waals surface area contributed by atoms with E-state index in [1.807, 2.05) is 0 Å². The number of hydrogen-bond acceptors (Lipinski definition) is 2. The van der Waals surface area contributed by atoms with Crippen molar-refractivity contribution in [3.05, 3.63) is 0 Å². The van der Waals surface area contributed by atoms with Crippen LogP contribution in [0, 0.1) is 11.8 Å². The van der Waals surface area contributed by atoms with E-state index in [1.54, 1.807) is 0 Å². The summed E-state index contributed by atoms with van der Waals surface area (Å²) in [6.45, 7) is 11.0. The zero-order valence-electron chi connectivity index (χ0n) is 11.9. The fraction of sp³-hybridized carbons (Fsp3) is 1.00. The first kappa shape index (κ1) is 13.4. The first-order chi connectivity index (χ1) is 8.22. The van der Waals surface area contributed by atoms with Crippen LogP contribution in [-0.2, 0) is 0 Å². The van der Waals surface area contributed by atoms with Crippen LogP contribution >= 0.6 is 0 Å². The Kier molecular flexibility index (Phi) is 4.87. The van der Waals surface area contributed by atoms with Gasteiger partial charge in [0.1, 0.15) is 0 Å². The lowest BCUT2D eigenvalue weighted by molar-refractivity contribution is 0.116. The van der Waals surface area contributed by atoms with Gasteiger partial charge in [0.25, 0.3) is 0 Å². The Morgan fingerprint density at radius 2 is 1.76 bits per heavy atom. The average Bonchev–Trinajstić information content (AvgIpc) is 3.19. The van der Waals surface area contributed by atoms with Gasteiger partial charge in [-0.05, 0) is 57.5 Å². The molecule has 2 unspecified atom stereocenters. The zero-order valence-corrected chi connectivity index (χ0v) is 11.9. The van der Waals surface area contributed by atoms with Gasteiger partial charge in [-0.25, -0.2) is 0 Å². The molecule has 2 aliphatic rings. The molecule has 1 N–H and O–H groups in total. The highest BCUT2D eigenvalue weighted by Gasteiger charge is 2.35. The van der Waals surface area contributed by atoms with Gasteiger partial charge in [0.05, 0.1) is 0 Å². The molecule has 100 valence electrons. The van der Waals surface area contributed by atoms with Crippen molar-refractivity contribution < 1.29 is 0 Å². The van der Waals surface area contributed by atoms with Crippen LogP contribution in [0.4, 0.5) is 0 Å². The first-order valence-corrected chi connectivity index (χ1v) is 7.68. The highest BCUT2D eigenvalue weighted by molar-refractivity contribution is 4.90. The number of nitrogens with one attached hydrogen (secondary N) is 1. The van der Waals surface area contributed by atoms with E-state index >= 15 is 0 Å². The van der Waals surface area contributed by atoms with Crippen LogP contribution in [0.25, 0.3) is 0 Å². The molecular weight excluding hydrogens is 208 g/mol. The van der Waals surface area contributed by atoms with E-state index in [1.165, 1.54) is 51.7 Å².